The Morgan fingerprint density at radius 3 is 2.42 bits per heavy atom. The lowest BCUT2D eigenvalue weighted by Gasteiger charge is -2.16. The minimum atomic E-state index is -0.462. The Morgan fingerprint density at radius 2 is 1.89 bits per heavy atom. The summed E-state index contributed by atoms with van der Waals surface area (Å²) in [5.41, 5.74) is 0. The molecule has 0 aromatic rings. The summed E-state index contributed by atoms with van der Waals surface area (Å²) < 4.78 is 10.3. The molecule has 1 aliphatic rings. The number of esters is 2. The van der Waals surface area contributed by atoms with Crippen LogP contribution in [-0.2, 0) is 19.1 Å². The van der Waals surface area contributed by atoms with Gasteiger partial charge in [0, 0.05) is 13.1 Å². The van der Waals surface area contributed by atoms with E-state index in [0.29, 0.717) is 19.1 Å². The summed E-state index contributed by atoms with van der Waals surface area (Å²) in [7, 11) is 0. The lowest BCUT2D eigenvalue weighted by Crippen LogP contribution is -2.34. The van der Waals surface area contributed by atoms with Crippen molar-refractivity contribution >= 4 is 11.9 Å². The highest BCUT2D eigenvalue weighted by Gasteiger charge is 2.36. The van der Waals surface area contributed by atoms with Crippen molar-refractivity contribution in [3.05, 3.63) is 0 Å². The molecule has 1 fully saturated rings. The molecular weight excluding hydrogens is 246 g/mol. The third-order valence-electron chi connectivity index (χ3n) is 2.87. The number of carbonyl (C=O) groups is 2. The van der Waals surface area contributed by atoms with Crippen LogP contribution >= 0.6 is 0 Å². The SMILES string of the molecule is CCCCOC(=O)[C@H](CC(=O)OCC(C)C)N1CC1. The van der Waals surface area contributed by atoms with Crippen LogP contribution in [0.3, 0.4) is 0 Å². The monoisotopic (exact) mass is 271 g/mol. The highest BCUT2D eigenvalue weighted by molar-refractivity contribution is 5.83. The number of hydrogen-bond donors (Lipinski definition) is 0. The summed E-state index contributed by atoms with van der Waals surface area (Å²) in [5.74, 6) is -0.314. The summed E-state index contributed by atoms with van der Waals surface area (Å²) >= 11 is 0. The molecule has 0 radical (unpaired) electrons. The molecule has 19 heavy (non-hydrogen) atoms. The van der Waals surface area contributed by atoms with Crippen LogP contribution in [0.15, 0.2) is 0 Å². The van der Waals surface area contributed by atoms with E-state index in [0.717, 1.165) is 25.9 Å². The predicted molar refractivity (Wildman–Crippen MR) is 71.6 cm³/mol. The van der Waals surface area contributed by atoms with Crippen molar-refractivity contribution in [1.29, 1.82) is 0 Å². The van der Waals surface area contributed by atoms with Crippen molar-refractivity contribution in [2.45, 2.75) is 46.1 Å². The van der Waals surface area contributed by atoms with Gasteiger partial charge in [-0.1, -0.05) is 27.2 Å². The average molecular weight is 271 g/mol. The first-order chi connectivity index (χ1) is 9.04. The number of nitrogens with zero attached hydrogens (tertiary/aromatic N) is 1. The highest BCUT2D eigenvalue weighted by atomic mass is 16.5. The van der Waals surface area contributed by atoms with Gasteiger partial charge in [-0.25, -0.2) is 0 Å². The van der Waals surface area contributed by atoms with Crippen LogP contribution in [0.1, 0.15) is 40.0 Å². The molecule has 0 spiro atoms. The molecule has 5 heteroatoms. The van der Waals surface area contributed by atoms with E-state index in [-0.39, 0.29) is 18.4 Å². The standard InChI is InChI=1S/C14H25NO4/c1-4-5-8-18-14(17)12(15-6-7-15)9-13(16)19-10-11(2)3/h11-12H,4-10H2,1-3H3/t12-/m0/s1. The normalized spacial score (nSPS) is 16.2. The molecule has 1 saturated heterocycles. The number of rotatable bonds is 9. The zero-order chi connectivity index (χ0) is 14.3. The molecule has 0 bridgehead atoms. The Morgan fingerprint density at radius 1 is 1.21 bits per heavy atom. The summed E-state index contributed by atoms with van der Waals surface area (Å²) in [6.45, 7) is 8.54. The molecule has 0 N–H and O–H groups in total. The second-order valence-corrected chi connectivity index (χ2v) is 5.35. The highest BCUT2D eigenvalue weighted by Crippen LogP contribution is 2.16. The Kier molecular flexibility index (Phi) is 6.84. The molecule has 0 amide bonds. The number of carbonyl (C=O) groups excluding carboxylic acids is 2. The maximum atomic E-state index is 11.9. The van der Waals surface area contributed by atoms with Crippen LogP contribution in [0.25, 0.3) is 0 Å². The Balaban J connectivity index is 2.35. The predicted octanol–water partition coefficient (Wildman–Crippen LogP) is 1.60. The van der Waals surface area contributed by atoms with Crippen LogP contribution in [0, 0.1) is 5.92 Å². The van der Waals surface area contributed by atoms with E-state index < -0.39 is 6.04 Å². The van der Waals surface area contributed by atoms with E-state index >= 15 is 0 Å². The molecule has 1 rings (SSSR count). The quantitative estimate of drug-likeness (QED) is 0.362. The van der Waals surface area contributed by atoms with Gasteiger partial charge in [0.2, 0.25) is 0 Å². The molecule has 1 heterocycles. The first-order valence-corrected chi connectivity index (χ1v) is 7.11. The van der Waals surface area contributed by atoms with Gasteiger partial charge < -0.3 is 9.47 Å². The zero-order valence-corrected chi connectivity index (χ0v) is 12.2. The first kappa shape index (κ1) is 16.0. The summed E-state index contributed by atoms with van der Waals surface area (Å²) in [6, 6.07) is -0.462. The second-order valence-electron chi connectivity index (χ2n) is 5.35. The second kappa shape index (κ2) is 8.15. The Labute approximate surface area is 115 Å². The summed E-state index contributed by atoms with van der Waals surface area (Å²) in [4.78, 5) is 25.5. The van der Waals surface area contributed by atoms with Gasteiger partial charge >= 0.3 is 11.9 Å². The lowest BCUT2D eigenvalue weighted by atomic mass is 10.2. The molecular formula is C14H25NO4. The van der Waals surface area contributed by atoms with E-state index in [1.165, 1.54) is 0 Å². The van der Waals surface area contributed by atoms with Crippen molar-refractivity contribution in [1.82, 2.24) is 4.90 Å². The fraction of sp³-hybridized carbons (Fsp3) is 0.857. The average Bonchev–Trinajstić information content (AvgIpc) is 3.17. The number of hydrogen-bond acceptors (Lipinski definition) is 5. The van der Waals surface area contributed by atoms with E-state index in [9.17, 15) is 9.59 Å². The molecule has 0 aliphatic carbocycles. The van der Waals surface area contributed by atoms with Crippen LogP contribution in [0.2, 0.25) is 0 Å². The van der Waals surface area contributed by atoms with Crippen LogP contribution < -0.4 is 0 Å². The van der Waals surface area contributed by atoms with Gasteiger partial charge in [-0.3, -0.25) is 14.5 Å². The largest absolute Gasteiger partial charge is 0.465 e. The van der Waals surface area contributed by atoms with E-state index in [4.69, 9.17) is 9.47 Å². The molecule has 0 saturated carbocycles. The van der Waals surface area contributed by atoms with E-state index in [1.54, 1.807) is 0 Å². The van der Waals surface area contributed by atoms with Crippen molar-refractivity contribution in [3.63, 3.8) is 0 Å². The van der Waals surface area contributed by atoms with Crippen molar-refractivity contribution < 1.29 is 19.1 Å². The topological polar surface area (TPSA) is 55.6 Å². The third kappa shape index (κ3) is 6.57. The molecule has 1 atom stereocenters. The van der Waals surface area contributed by atoms with E-state index in [1.807, 2.05) is 25.7 Å². The molecule has 5 nitrogen and oxygen atoms in total. The van der Waals surface area contributed by atoms with Crippen molar-refractivity contribution in [2.24, 2.45) is 5.92 Å². The maximum absolute atomic E-state index is 11.9. The fourth-order valence-corrected chi connectivity index (χ4v) is 1.62. The Hall–Kier alpha value is -1.10. The molecule has 0 unspecified atom stereocenters. The van der Waals surface area contributed by atoms with Gasteiger partial charge in [0.05, 0.1) is 19.6 Å². The van der Waals surface area contributed by atoms with E-state index in [2.05, 4.69) is 0 Å². The molecule has 110 valence electrons. The zero-order valence-electron chi connectivity index (χ0n) is 12.2. The number of ether oxygens (including phenoxy) is 2. The van der Waals surface area contributed by atoms with Crippen molar-refractivity contribution in [2.75, 3.05) is 26.3 Å². The summed E-state index contributed by atoms with van der Waals surface area (Å²) in [5, 5.41) is 0. The van der Waals surface area contributed by atoms with Crippen LogP contribution in [0.5, 0.6) is 0 Å². The fourth-order valence-electron chi connectivity index (χ4n) is 1.62. The van der Waals surface area contributed by atoms with Crippen LogP contribution in [-0.4, -0.2) is 49.2 Å². The molecule has 1 aliphatic heterocycles. The maximum Gasteiger partial charge on any atom is 0.323 e. The first-order valence-electron chi connectivity index (χ1n) is 7.11. The van der Waals surface area contributed by atoms with Gasteiger partial charge in [-0.15, -0.1) is 0 Å². The van der Waals surface area contributed by atoms with Crippen LogP contribution in [0.4, 0.5) is 0 Å². The van der Waals surface area contributed by atoms with Gasteiger partial charge in [-0.05, 0) is 12.3 Å². The van der Waals surface area contributed by atoms with Gasteiger partial charge in [0.15, 0.2) is 0 Å². The van der Waals surface area contributed by atoms with Gasteiger partial charge in [0.1, 0.15) is 6.04 Å². The lowest BCUT2D eigenvalue weighted by molar-refractivity contribution is -0.155. The number of unbranched alkanes of at least 4 members (excludes halogenated alkanes) is 1. The van der Waals surface area contributed by atoms with Gasteiger partial charge in [-0.2, -0.15) is 0 Å². The van der Waals surface area contributed by atoms with Gasteiger partial charge in [0.25, 0.3) is 0 Å². The minimum Gasteiger partial charge on any atom is -0.465 e. The smallest absolute Gasteiger partial charge is 0.323 e. The van der Waals surface area contributed by atoms with Crippen molar-refractivity contribution in [3.8, 4) is 0 Å². The molecule has 0 aromatic carbocycles. The third-order valence-corrected chi connectivity index (χ3v) is 2.87. The molecule has 0 aromatic heterocycles. The Bertz CT molecular complexity index is 300. The minimum absolute atomic E-state index is 0.0949. The summed E-state index contributed by atoms with van der Waals surface area (Å²) in [6.07, 6.45) is 1.94.